The number of phenolic OH excluding ortho intramolecular Hbond substituents is 3. The number of nitrogens with one attached hydrogen (secondary N) is 5. The van der Waals surface area contributed by atoms with Crippen LogP contribution in [0.25, 0.3) is 33.1 Å². The average Bonchev–Trinajstić information content (AvgIpc) is 3.58. The summed E-state index contributed by atoms with van der Waals surface area (Å²) in [6, 6.07) is 9.59. The third-order valence-electron chi connectivity index (χ3n) is 6.55. The zero-order valence-electron chi connectivity index (χ0n) is 23.9. The number of aromatic nitrogens is 9. The molecular weight excluding hydrogens is 1340 g/mol. The molecule has 4 heterocycles. The Kier molecular flexibility index (Phi) is 6.39. The standard InChI is InChI=1S/C28H22N11O3.3Rf/c1-11-29-15-4-14(23(40)8-18(15)32-11)5-26-37-27(35-21-6-16-19(9-24(21)41)33-12(2)30-16)39-28(38-26)36-22-7-17-20(10-25(22)42)34-13(3)31-17;;;/h4,6-10,40-42H,1-3,5H2,(H,29,32)(H,30,33)(H,31,34)(H2,35,36,37,38,39);;;/q-3;;;. The van der Waals surface area contributed by atoms with Crippen LogP contribution in [0, 0.1) is 20.8 Å². The fourth-order valence-electron chi connectivity index (χ4n) is 4.70. The molecule has 0 atom stereocenters. The summed E-state index contributed by atoms with van der Waals surface area (Å²) in [6.45, 7) is 11.4. The van der Waals surface area contributed by atoms with E-state index in [1.54, 1.807) is 24.3 Å². The van der Waals surface area contributed by atoms with Gasteiger partial charge in [0.05, 0.1) is 44.5 Å². The van der Waals surface area contributed by atoms with Gasteiger partial charge in [0.1, 0.15) is 23.1 Å². The van der Waals surface area contributed by atoms with Crippen molar-refractivity contribution in [2.24, 2.45) is 0 Å². The predicted octanol–water partition coefficient (Wildman–Crippen LogP) is 4.24. The maximum Gasteiger partial charge on any atom is 0.232 e. The van der Waals surface area contributed by atoms with E-state index in [1.807, 2.05) is 0 Å². The van der Waals surface area contributed by atoms with E-state index >= 15 is 0 Å². The molecule has 0 amide bonds. The van der Waals surface area contributed by atoms with Gasteiger partial charge in [-0.1, -0.05) is 0 Å². The van der Waals surface area contributed by atoms with Crippen molar-refractivity contribution in [3.8, 4) is 17.2 Å². The first-order valence-electron chi connectivity index (χ1n) is 12.6. The van der Waals surface area contributed by atoms with Gasteiger partial charge in [-0.2, -0.15) is 15.0 Å². The van der Waals surface area contributed by atoms with Crippen LogP contribution in [-0.2, 0) is 6.42 Å². The number of nitrogens with zero attached hydrogens (tertiary/aromatic N) is 6. The van der Waals surface area contributed by atoms with E-state index in [-0.39, 0.29) is 41.4 Å². The monoisotopic (exact) mass is 1360 g/mol. The van der Waals surface area contributed by atoms with E-state index in [0.717, 1.165) is 0 Å². The SMILES string of the molecule is [CH2-]c1nc2cc(O)c(Cc3nc(Nc4cc5[nH]c([CH2-])nc5cc4O)nc(Nc4cc5[nH]c([CH2-])nc5cc4O)n3)cc2[nH]1.[Rf].[Rf].[Rf]. The smallest absolute Gasteiger partial charge is 0.232 e. The third-order valence-corrected chi connectivity index (χ3v) is 6.55. The molecule has 0 aliphatic heterocycles. The number of benzene rings is 3. The van der Waals surface area contributed by atoms with Crippen LogP contribution in [0.4, 0.5) is 23.3 Å². The number of aromatic amines is 3. The van der Waals surface area contributed by atoms with Gasteiger partial charge < -0.3 is 61.7 Å². The van der Waals surface area contributed by atoms with Gasteiger partial charge in [-0.15, -0.1) is 0 Å². The molecule has 0 radical (unpaired) electrons. The van der Waals surface area contributed by atoms with Crippen molar-refractivity contribution < 1.29 is 15.3 Å². The van der Waals surface area contributed by atoms with Crippen LogP contribution in [0.2, 0.25) is 0 Å². The van der Waals surface area contributed by atoms with Crippen molar-refractivity contribution in [1.29, 1.82) is 0 Å². The van der Waals surface area contributed by atoms with Crippen LogP contribution in [0.3, 0.4) is 0 Å². The average molecular weight is 1360 g/mol. The molecule has 45 heavy (non-hydrogen) atoms. The normalized spacial score (nSPS) is 10.8. The number of imidazole rings is 3. The maximum absolute atomic E-state index is 10.7. The van der Waals surface area contributed by atoms with Crippen LogP contribution in [-0.4, -0.2) is 60.2 Å². The molecule has 0 spiro atoms. The van der Waals surface area contributed by atoms with Crippen LogP contribution in [0.1, 0.15) is 28.9 Å². The minimum Gasteiger partial charge on any atom is -0.508 e. The Hall–Kier alpha value is -9.31. The van der Waals surface area contributed by atoms with Crippen LogP contribution in [0.15, 0.2) is 36.4 Å². The van der Waals surface area contributed by atoms with E-state index in [1.165, 1.54) is 12.1 Å². The number of phenols is 3. The third kappa shape index (κ3) is 4.93. The van der Waals surface area contributed by atoms with E-state index in [9.17, 15) is 15.3 Å². The molecule has 0 aliphatic carbocycles. The Balaban J connectivity index is 0.00000154. The molecule has 14 nitrogen and oxygen atoms in total. The molecule has 7 aromatic rings. The van der Waals surface area contributed by atoms with Crippen molar-refractivity contribution in [3.05, 3.63) is 86.0 Å². The van der Waals surface area contributed by atoms with Gasteiger partial charge in [-0.25, -0.2) is 0 Å². The quantitative estimate of drug-likeness (QED) is 0.0873. The van der Waals surface area contributed by atoms with Gasteiger partial charge in [0.2, 0.25) is 11.9 Å². The number of fused-ring (bicyclic) bond motifs is 3. The Morgan fingerprint density at radius 3 is 1.38 bits per heavy atom. The Labute approximate surface area is 237 Å². The van der Waals surface area contributed by atoms with E-state index in [4.69, 9.17) is 0 Å². The zero-order valence-corrected chi connectivity index (χ0v) is 43.1. The van der Waals surface area contributed by atoms with Gasteiger partial charge in [-0.05, 0) is 35.7 Å². The Morgan fingerprint density at radius 1 is 0.533 bits per heavy atom. The molecule has 7 rings (SSSR count). The summed E-state index contributed by atoms with van der Waals surface area (Å²) < 4.78 is 0. The van der Waals surface area contributed by atoms with Gasteiger partial charge in [-0.3, -0.25) is 15.0 Å². The Morgan fingerprint density at radius 2 is 0.933 bits per heavy atom. The molecule has 216 valence electrons. The first-order valence-corrected chi connectivity index (χ1v) is 12.6. The van der Waals surface area contributed by atoms with Crippen molar-refractivity contribution in [2.45, 2.75) is 6.42 Å². The summed E-state index contributed by atoms with van der Waals surface area (Å²) in [6.07, 6.45) is 0.117. The minimum atomic E-state index is -0.0805. The van der Waals surface area contributed by atoms with E-state index in [0.29, 0.717) is 67.5 Å². The van der Waals surface area contributed by atoms with Crippen LogP contribution >= 0.6 is 0 Å². The second-order valence-electron chi connectivity index (χ2n) is 9.65. The fourth-order valence-corrected chi connectivity index (χ4v) is 4.70. The van der Waals surface area contributed by atoms with Gasteiger partial charge in [0.15, 0.2) is 0 Å². The molecule has 3 aromatic carbocycles. The summed E-state index contributed by atoms with van der Waals surface area (Å²) in [5.41, 5.74) is 4.82. The van der Waals surface area contributed by atoms with Crippen molar-refractivity contribution >= 4 is 56.4 Å². The first-order chi connectivity index (χ1) is 20.2. The van der Waals surface area contributed by atoms with Crippen molar-refractivity contribution in [1.82, 2.24) is 44.9 Å². The number of aromatic hydroxyl groups is 3. The molecule has 8 N–H and O–H groups in total. The molecular formula is C28H22N11O3Rf3-3. The fraction of sp³-hybridized carbons (Fsp3) is 0.0357. The summed E-state index contributed by atoms with van der Waals surface area (Å²) in [5.74, 6) is 1.70. The van der Waals surface area contributed by atoms with Crippen molar-refractivity contribution in [3.63, 3.8) is 0 Å². The predicted molar refractivity (Wildman–Crippen MR) is 156 cm³/mol. The van der Waals surface area contributed by atoms with Gasteiger partial charge in [0.25, 0.3) is 0 Å². The van der Waals surface area contributed by atoms with E-state index < -0.39 is 0 Å². The summed E-state index contributed by atoms with van der Waals surface area (Å²) in [5, 5.41) is 38.0. The largest absolute Gasteiger partial charge is 0.508 e. The molecule has 0 saturated carbocycles. The summed E-state index contributed by atoms with van der Waals surface area (Å²) in [7, 11) is 0. The van der Waals surface area contributed by atoms with Gasteiger partial charge in [0, 0.05) is 30.2 Å². The number of H-pyrrole nitrogens is 3. The second kappa shape index (κ2) is 10.0. The van der Waals surface area contributed by atoms with Gasteiger partial charge >= 0.3 is 0 Å². The van der Waals surface area contributed by atoms with Crippen molar-refractivity contribution in [2.75, 3.05) is 10.6 Å². The molecule has 4 aromatic heterocycles. The minimum absolute atomic E-state index is 0. The molecule has 0 unspecified atom stereocenters. The summed E-state index contributed by atoms with van der Waals surface area (Å²) in [4.78, 5) is 35.4. The molecule has 17 heteroatoms. The summed E-state index contributed by atoms with van der Waals surface area (Å²) >= 11 is 0. The number of hydrogen-bond acceptors (Lipinski definition) is 11. The number of rotatable bonds is 6. The number of anilines is 4. The second-order valence-corrected chi connectivity index (χ2v) is 9.65. The Bertz CT molecular complexity index is 1920. The molecule has 0 bridgehead atoms. The zero-order chi connectivity index (χ0) is 29.1. The first kappa shape index (κ1) is 28.7. The molecule has 0 saturated heterocycles. The van der Waals surface area contributed by atoms with Crippen LogP contribution < -0.4 is 10.6 Å². The topological polar surface area (TPSA) is 209 Å². The van der Waals surface area contributed by atoms with Crippen LogP contribution in [0.5, 0.6) is 17.2 Å². The number of hydrogen-bond donors (Lipinski definition) is 8. The molecule has 0 fully saturated rings. The molecule has 0 aliphatic rings. The maximum atomic E-state index is 10.7. The van der Waals surface area contributed by atoms with E-state index in [2.05, 4.69) is 76.3 Å².